The number of methoxy groups -OCH3 is 1. The third-order valence-electron chi connectivity index (χ3n) is 3.54. The second-order valence-electron chi connectivity index (χ2n) is 4.63. The Morgan fingerprint density at radius 3 is 2.67 bits per heavy atom. The number of para-hydroxylation sites is 1. The highest BCUT2D eigenvalue weighted by Crippen LogP contribution is 2.37. The maximum atomic E-state index is 11.8. The van der Waals surface area contributed by atoms with E-state index in [4.69, 9.17) is 4.74 Å². The van der Waals surface area contributed by atoms with E-state index in [9.17, 15) is 20.2 Å². The highest BCUT2D eigenvalue weighted by molar-refractivity contribution is 6.16. The summed E-state index contributed by atoms with van der Waals surface area (Å²) in [5, 5.41) is 30.8. The summed E-state index contributed by atoms with van der Waals surface area (Å²) in [6.45, 7) is -0.304. The molecule has 0 aliphatic carbocycles. The van der Waals surface area contributed by atoms with Crippen molar-refractivity contribution in [2.45, 2.75) is 6.61 Å². The van der Waals surface area contributed by atoms with Crippen LogP contribution in [0.5, 0.6) is 5.75 Å². The number of phenols is 1. The number of esters is 1. The number of phenolic OH excluding ortho intramolecular Hbond substituents is 1. The molecule has 3 aromatic rings. The number of ether oxygens (including phenoxy) is 1. The van der Waals surface area contributed by atoms with Gasteiger partial charge in [0.15, 0.2) is 0 Å². The molecule has 108 valence electrons. The lowest BCUT2D eigenvalue weighted by Gasteiger charge is -2.04. The van der Waals surface area contributed by atoms with Crippen LogP contribution in [0.3, 0.4) is 0 Å². The van der Waals surface area contributed by atoms with Crippen molar-refractivity contribution in [3.63, 3.8) is 0 Å². The van der Waals surface area contributed by atoms with E-state index in [0.717, 1.165) is 4.73 Å². The fourth-order valence-electron chi connectivity index (χ4n) is 2.62. The van der Waals surface area contributed by atoms with E-state index in [2.05, 4.69) is 0 Å². The smallest absolute Gasteiger partial charge is 0.340 e. The maximum Gasteiger partial charge on any atom is 0.340 e. The molecule has 1 heterocycles. The van der Waals surface area contributed by atoms with Crippen LogP contribution in [-0.2, 0) is 11.3 Å². The summed E-state index contributed by atoms with van der Waals surface area (Å²) in [7, 11) is 1.25. The lowest BCUT2D eigenvalue weighted by Crippen LogP contribution is -2.04. The highest BCUT2D eigenvalue weighted by Gasteiger charge is 2.21. The van der Waals surface area contributed by atoms with E-state index in [1.54, 1.807) is 12.1 Å². The number of benzene rings is 2. The standard InChI is InChI=1S/C15H13NO5/c1-21-15(19)10-4-2-3-9-12-11(18)6-5-8(7-17)13(12)16(20)14(9)10/h2-6,17-18,20H,7H2,1H3. The number of fused-ring (bicyclic) bond motifs is 3. The van der Waals surface area contributed by atoms with Crippen LogP contribution in [0.4, 0.5) is 0 Å². The van der Waals surface area contributed by atoms with Crippen LogP contribution in [0.25, 0.3) is 21.8 Å². The summed E-state index contributed by atoms with van der Waals surface area (Å²) in [5.74, 6) is -0.634. The molecule has 0 bridgehead atoms. The summed E-state index contributed by atoms with van der Waals surface area (Å²) >= 11 is 0. The molecule has 1 aromatic heterocycles. The lowest BCUT2D eigenvalue weighted by molar-refractivity contribution is 0.0600. The van der Waals surface area contributed by atoms with Crippen LogP contribution in [-0.4, -0.2) is 33.2 Å². The van der Waals surface area contributed by atoms with Gasteiger partial charge in [0.25, 0.3) is 0 Å². The molecule has 21 heavy (non-hydrogen) atoms. The Bertz CT molecular complexity index is 865. The zero-order chi connectivity index (χ0) is 15.1. The van der Waals surface area contributed by atoms with Gasteiger partial charge < -0.3 is 20.2 Å². The molecule has 0 aliphatic rings. The van der Waals surface area contributed by atoms with Crippen molar-refractivity contribution in [3.8, 4) is 5.75 Å². The van der Waals surface area contributed by atoms with E-state index in [0.29, 0.717) is 16.3 Å². The predicted octanol–water partition coefficient (Wildman–Crippen LogP) is 2.02. The molecule has 3 N–H and O–H groups in total. The van der Waals surface area contributed by atoms with Gasteiger partial charge in [-0.15, -0.1) is 0 Å². The first-order valence-electron chi connectivity index (χ1n) is 6.26. The summed E-state index contributed by atoms with van der Waals surface area (Å²) in [4.78, 5) is 11.8. The number of rotatable bonds is 2. The molecular weight excluding hydrogens is 274 g/mol. The number of nitrogens with zero attached hydrogens (tertiary/aromatic N) is 1. The van der Waals surface area contributed by atoms with Gasteiger partial charge >= 0.3 is 5.97 Å². The molecular formula is C15H13NO5. The van der Waals surface area contributed by atoms with E-state index in [-0.39, 0.29) is 29.0 Å². The molecule has 0 fully saturated rings. The third-order valence-corrected chi connectivity index (χ3v) is 3.54. The molecule has 2 aromatic carbocycles. The van der Waals surface area contributed by atoms with Gasteiger partial charge in [-0.25, -0.2) is 4.79 Å². The number of hydrogen-bond acceptors (Lipinski definition) is 5. The molecule has 0 atom stereocenters. The SMILES string of the molecule is COC(=O)c1cccc2c3c(O)ccc(CO)c3n(O)c12. The van der Waals surface area contributed by atoms with Crippen LogP contribution >= 0.6 is 0 Å². The monoisotopic (exact) mass is 287 g/mol. The first kappa shape index (κ1) is 13.3. The van der Waals surface area contributed by atoms with Gasteiger partial charge in [0.05, 0.1) is 30.2 Å². The van der Waals surface area contributed by atoms with Crippen molar-refractivity contribution in [2.24, 2.45) is 0 Å². The zero-order valence-electron chi connectivity index (χ0n) is 11.2. The Hall–Kier alpha value is -2.73. The topological polar surface area (TPSA) is 91.9 Å². The molecule has 6 nitrogen and oxygen atoms in total. The molecule has 6 heteroatoms. The molecule has 0 saturated heterocycles. The Morgan fingerprint density at radius 2 is 2.00 bits per heavy atom. The van der Waals surface area contributed by atoms with Crippen molar-refractivity contribution >= 4 is 27.8 Å². The van der Waals surface area contributed by atoms with Crippen molar-refractivity contribution in [1.29, 1.82) is 0 Å². The van der Waals surface area contributed by atoms with Crippen molar-refractivity contribution < 1.29 is 25.0 Å². The molecule has 0 amide bonds. The Balaban J connectivity index is 2.57. The normalized spacial score (nSPS) is 11.1. The third kappa shape index (κ3) is 1.73. The Morgan fingerprint density at radius 1 is 1.24 bits per heavy atom. The fraction of sp³-hybridized carbons (Fsp3) is 0.133. The summed E-state index contributed by atoms with van der Waals surface area (Å²) in [6, 6.07) is 7.80. The van der Waals surface area contributed by atoms with Gasteiger partial charge in [0.2, 0.25) is 0 Å². The molecule has 0 saturated carbocycles. The second-order valence-corrected chi connectivity index (χ2v) is 4.63. The minimum absolute atomic E-state index is 0.0398. The number of aliphatic hydroxyl groups excluding tert-OH is 1. The first-order valence-corrected chi connectivity index (χ1v) is 6.26. The van der Waals surface area contributed by atoms with E-state index >= 15 is 0 Å². The zero-order valence-corrected chi connectivity index (χ0v) is 11.2. The predicted molar refractivity (Wildman–Crippen MR) is 75.6 cm³/mol. The van der Waals surface area contributed by atoms with Gasteiger partial charge in [-0.05, 0) is 12.1 Å². The molecule has 0 unspecified atom stereocenters. The van der Waals surface area contributed by atoms with Crippen molar-refractivity contribution in [1.82, 2.24) is 4.73 Å². The number of aliphatic hydroxyl groups is 1. The minimum Gasteiger partial charge on any atom is -0.507 e. The highest BCUT2D eigenvalue weighted by atomic mass is 16.5. The van der Waals surface area contributed by atoms with Gasteiger partial charge in [-0.1, -0.05) is 18.2 Å². The number of carbonyl (C=O) groups is 1. The van der Waals surface area contributed by atoms with Crippen LogP contribution in [0, 0.1) is 0 Å². The van der Waals surface area contributed by atoms with Gasteiger partial charge in [0.1, 0.15) is 11.3 Å². The Kier molecular flexibility index (Phi) is 2.95. The second kappa shape index (κ2) is 4.68. The van der Waals surface area contributed by atoms with Crippen LogP contribution in [0.1, 0.15) is 15.9 Å². The summed E-state index contributed by atoms with van der Waals surface area (Å²) < 4.78 is 5.51. The fourth-order valence-corrected chi connectivity index (χ4v) is 2.62. The first-order chi connectivity index (χ1) is 10.1. The van der Waals surface area contributed by atoms with E-state index in [1.165, 1.54) is 25.3 Å². The van der Waals surface area contributed by atoms with E-state index < -0.39 is 5.97 Å². The molecule has 0 spiro atoms. The number of aromatic hydroxyl groups is 1. The number of hydrogen-bond donors (Lipinski definition) is 3. The summed E-state index contributed by atoms with van der Waals surface area (Å²) in [6.07, 6.45) is 0. The van der Waals surface area contributed by atoms with Gasteiger partial charge in [-0.3, -0.25) is 0 Å². The van der Waals surface area contributed by atoms with Crippen LogP contribution < -0.4 is 0 Å². The Labute approximate surface area is 119 Å². The quantitative estimate of drug-likeness (QED) is 0.495. The van der Waals surface area contributed by atoms with Crippen LogP contribution in [0.2, 0.25) is 0 Å². The molecule has 0 radical (unpaired) electrons. The van der Waals surface area contributed by atoms with E-state index in [1.807, 2.05) is 0 Å². The average Bonchev–Trinajstić information content (AvgIpc) is 2.82. The minimum atomic E-state index is -0.594. The largest absolute Gasteiger partial charge is 0.507 e. The van der Waals surface area contributed by atoms with Gasteiger partial charge in [-0.2, -0.15) is 4.73 Å². The van der Waals surface area contributed by atoms with Crippen molar-refractivity contribution in [2.75, 3.05) is 7.11 Å². The number of carbonyl (C=O) groups excluding carboxylic acids is 1. The average molecular weight is 287 g/mol. The number of aromatic nitrogens is 1. The maximum absolute atomic E-state index is 11.8. The van der Waals surface area contributed by atoms with Gasteiger partial charge in [0, 0.05) is 10.9 Å². The summed E-state index contributed by atoms with van der Waals surface area (Å²) in [5.41, 5.74) is 1.12. The van der Waals surface area contributed by atoms with Crippen molar-refractivity contribution in [3.05, 3.63) is 41.5 Å². The molecule has 3 rings (SSSR count). The van der Waals surface area contributed by atoms with Crippen LogP contribution in [0.15, 0.2) is 30.3 Å². The lowest BCUT2D eigenvalue weighted by atomic mass is 10.1. The molecule has 0 aliphatic heterocycles.